The topological polar surface area (TPSA) is 69.3 Å². The van der Waals surface area contributed by atoms with Crippen molar-refractivity contribution in [3.63, 3.8) is 0 Å². The monoisotopic (exact) mass is 364 g/mol. The van der Waals surface area contributed by atoms with E-state index in [0.717, 1.165) is 26.0 Å². The fourth-order valence-electron chi connectivity index (χ4n) is 3.41. The average molecular weight is 364 g/mol. The highest BCUT2D eigenvalue weighted by Gasteiger charge is 2.27. The highest BCUT2D eigenvalue weighted by atomic mass is 16.5. The van der Waals surface area contributed by atoms with E-state index in [0.29, 0.717) is 43.4 Å². The Morgan fingerprint density at radius 2 is 1.92 bits per heavy atom. The van der Waals surface area contributed by atoms with Gasteiger partial charge in [0.2, 0.25) is 11.7 Å². The molecule has 0 aliphatic carbocycles. The van der Waals surface area contributed by atoms with Crippen LogP contribution in [0.2, 0.25) is 0 Å². The Labute approximate surface area is 154 Å². The summed E-state index contributed by atoms with van der Waals surface area (Å²) in [6.45, 7) is 3.55. The number of benzene rings is 1. The minimum atomic E-state index is 0.0420. The smallest absolute Gasteiger partial charge is 0.224 e. The van der Waals surface area contributed by atoms with Gasteiger partial charge in [0.1, 0.15) is 6.10 Å². The second kappa shape index (κ2) is 9.09. The molecule has 2 fully saturated rings. The van der Waals surface area contributed by atoms with Gasteiger partial charge >= 0.3 is 0 Å². The summed E-state index contributed by atoms with van der Waals surface area (Å²) in [6.07, 6.45) is 2.12. The molecule has 7 nitrogen and oxygen atoms in total. The molecule has 7 heteroatoms. The molecular formula is C19H28N2O5. The first kappa shape index (κ1) is 18.8. The average Bonchev–Trinajstić information content (AvgIpc) is 2.69. The van der Waals surface area contributed by atoms with E-state index in [4.69, 9.17) is 18.9 Å². The first-order valence-corrected chi connectivity index (χ1v) is 9.17. The number of methoxy groups -OCH3 is 2. The summed E-state index contributed by atoms with van der Waals surface area (Å²) in [5.41, 5.74) is 0. The lowest BCUT2D eigenvalue weighted by Crippen LogP contribution is -2.47. The van der Waals surface area contributed by atoms with Crippen LogP contribution in [0.1, 0.15) is 19.3 Å². The predicted octanol–water partition coefficient (Wildman–Crippen LogP) is 1.45. The Bertz CT molecular complexity index is 573. The minimum Gasteiger partial charge on any atom is -0.493 e. The van der Waals surface area contributed by atoms with Crippen LogP contribution in [0.25, 0.3) is 0 Å². The number of rotatable bonds is 6. The lowest BCUT2D eigenvalue weighted by atomic mass is 10.1. The molecule has 144 valence electrons. The molecule has 2 aliphatic rings. The normalized spacial score (nSPS) is 21.3. The highest BCUT2D eigenvalue weighted by molar-refractivity contribution is 5.77. The number of amides is 1. The number of nitrogens with one attached hydrogen (secondary N) is 1. The molecule has 1 unspecified atom stereocenters. The van der Waals surface area contributed by atoms with Gasteiger partial charge in [-0.1, -0.05) is 6.07 Å². The number of para-hydroxylation sites is 1. The molecule has 0 saturated carbocycles. The third-order valence-corrected chi connectivity index (χ3v) is 4.88. The Morgan fingerprint density at radius 3 is 2.50 bits per heavy atom. The van der Waals surface area contributed by atoms with E-state index in [1.54, 1.807) is 14.2 Å². The van der Waals surface area contributed by atoms with Crippen LogP contribution < -0.4 is 19.5 Å². The number of morpholine rings is 1. The van der Waals surface area contributed by atoms with Crippen molar-refractivity contribution in [3.8, 4) is 17.2 Å². The van der Waals surface area contributed by atoms with Crippen molar-refractivity contribution >= 4 is 5.91 Å². The minimum absolute atomic E-state index is 0.0420. The van der Waals surface area contributed by atoms with Crippen LogP contribution in [0.4, 0.5) is 0 Å². The van der Waals surface area contributed by atoms with Crippen molar-refractivity contribution in [2.75, 3.05) is 47.1 Å². The fourth-order valence-corrected chi connectivity index (χ4v) is 3.41. The maximum absolute atomic E-state index is 12.5. The van der Waals surface area contributed by atoms with Crippen molar-refractivity contribution in [2.24, 2.45) is 0 Å². The van der Waals surface area contributed by atoms with Gasteiger partial charge in [0.25, 0.3) is 0 Å². The zero-order valence-corrected chi connectivity index (χ0v) is 15.5. The van der Waals surface area contributed by atoms with Crippen LogP contribution in [-0.4, -0.2) is 70.0 Å². The van der Waals surface area contributed by atoms with E-state index in [2.05, 4.69) is 5.32 Å². The van der Waals surface area contributed by atoms with Gasteiger partial charge in [-0.2, -0.15) is 0 Å². The Morgan fingerprint density at radius 1 is 1.23 bits per heavy atom. The summed E-state index contributed by atoms with van der Waals surface area (Å²) in [7, 11) is 3.23. The van der Waals surface area contributed by atoms with Crippen LogP contribution in [0.5, 0.6) is 17.2 Å². The first-order chi connectivity index (χ1) is 12.7. The molecule has 1 atom stereocenters. The number of carbonyl (C=O) groups excluding carboxylic acids is 1. The van der Waals surface area contributed by atoms with E-state index >= 15 is 0 Å². The molecule has 1 N–H and O–H groups in total. The molecule has 1 aromatic rings. The summed E-state index contributed by atoms with van der Waals surface area (Å²) in [5.74, 6) is 2.13. The van der Waals surface area contributed by atoms with Gasteiger partial charge in [-0.15, -0.1) is 0 Å². The molecule has 0 aromatic heterocycles. The molecule has 1 amide bonds. The SMILES string of the molecule is COc1cccc(OC)c1OC1CCN(C(=O)CC2COCCN2)CC1. The second-order valence-electron chi connectivity index (χ2n) is 6.62. The Balaban J connectivity index is 1.52. The molecular weight excluding hydrogens is 336 g/mol. The molecule has 1 aromatic carbocycles. The van der Waals surface area contributed by atoms with Crippen LogP contribution in [0.3, 0.4) is 0 Å². The van der Waals surface area contributed by atoms with Gasteiger partial charge < -0.3 is 29.2 Å². The Kier molecular flexibility index (Phi) is 6.57. The van der Waals surface area contributed by atoms with Crippen LogP contribution in [0, 0.1) is 0 Å². The van der Waals surface area contributed by atoms with Gasteiger partial charge in [-0.3, -0.25) is 4.79 Å². The largest absolute Gasteiger partial charge is 0.493 e. The van der Waals surface area contributed by atoms with Gasteiger partial charge in [0, 0.05) is 44.9 Å². The van der Waals surface area contributed by atoms with Crippen molar-refractivity contribution in [1.82, 2.24) is 10.2 Å². The lowest BCUT2D eigenvalue weighted by Gasteiger charge is -2.34. The standard InChI is InChI=1S/C19H28N2O5/c1-23-16-4-3-5-17(24-2)19(16)26-15-6-9-21(10-7-15)18(22)12-14-13-25-11-8-20-14/h3-5,14-15,20H,6-13H2,1-2H3. The second-order valence-corrected chi connectivity index (χ2v) is 6.62. The number of hydrogen-bond donors (Lipinski definition) is 1. The summed E-state index contributed by atoms with van der Waals surface area (Å²) >= 11 is 0. The summed E-state index contributed by atoms with van der Waals surface area (Å²) in [4.78, 5) is 14.4. The molecule has 3 rings (SSSR count). The van der Waals surface area contributed by atoms with Crippen LogP contribution in [-0.2, 0) is 9.53 Å². The van der Waals surface area contributed by atoms with Gasteiger partial charge in [-0.25, -0.2) is 0 Å². The first-order valence-electron chi connectivity index (χ1n) is 9.17. The van der Waals surface area contributed by atoms with Gasteiger partial charge in [0.15, 0.2) is 11.5 Å². The number of carbonyl (C=O) groups is 1. The Hall–Kier alpha value is -1.99. The van der Waals surface area contributed by atoms with Crippen LogP contribution >= 0.6 is 0 Å². The number of piperidine rings is 1. The van der Waals surface area contributed by atoms with Gasteiger partial charge in [0.05, 0.1) is 27.4 Å². The number of ether oxygens (including phenoxy) is 4. The molecule has 0 spiro atoms. The maximum atomic E-state index is 12.5. The summed E-state index contributed by atoms with van der Waals surface area (Å²) < 4.78 is 22.3. The predicted molar refractivity (Wildman–Crippen MR) is 97.0 cm³/mol. The van der Waals surface area contributed by atoms with E-state index in [9.17, 15) is 4.79 Å². The van der Waals surface area contributed by atoms with Gasteiger partial charge in [-0.05, 0) is 12.1 Å². The van der Waals surface area contributed by atoms with Crippen molar-refractivity contribution in [3.05, 3.63) is 18.2 Å². The van der Waals surface area contributed by atoms with E-state index in [1.807, 2.05) is 23.1 Å². The van der Waals surface area contributed by atoms with E-state index in [1.165, 1.54) is 0 Å². The van der Waals surface area contributed by atoms with E-state index in [-0.39, 0.29) is 18.1 Å². The molecule has 26 heavy (non-hydrogen) atoms. The number of likely N-dealkylation sites (tertiary alicyclic amines) is 1. The number of nitrogens with zero attached hydrogens (tertiary/aromatic N) is 1. The molecule has 0 bridgehead atoms. The maximum Gasteiger partial charge on any atom is 0.224 e. The quantitative estimate of drug-likeness (QED) is 0.824. The van der Waals surface area contributed by atoms with Crippen molar-refractivity contribution in [1.29, 1.82) is 0 Å². The zero-order valence-electron chi connectivity index (χ0n) is 15.5. The third-order valence-electron chi connectivity index (χ3n) is 4.88. The number of hydrogen-bond acceptors (Lipinski definition) is 6. The summed E-state index contributed by atoms with van der Waals surface area (Å²) in [6, 6.07) is 5.71. The molecule has 2 aliphatic heterocycles. The molecule has 2 heterocycles. The molecule has 0 radical (unpaired) electrons. The molecule has 2 saturated heterocycles. The third kappa shape index (κ3) is 4.59. The lowest BCUT2D eigenvalue weighted by molar-refractivity contribution is -0.134. The fraction of sp³-hybridized carbons (Fsp3) is 0.632. The zero-order chi connectivity index (χ0) is 18.4. The van der Waals surface area contributed by atoms with Crippen molar-refractivity contribution in [2.45, 2.75) is 31.4 Å². The van der Waals surface area contributed by atoms with Crippen LogP contribution in [0.15, 0.2) is 18.2 Å². The highest BCUT2D eigenvalue weighted by Crippen LogP contribution is 2.38. The van der Waals surface area contributed by atoms with Crippen molar-refractivity contribution < 1.29 is 23.7 Å². The van der Waals surface area contributed by atoms with E-state index < -0.39 is 0 Å². The summed E-state index contributed by atoms with van der Waals surface area (Å²) in [5, 5.41) is 3.33.